The summed E-state index contributed by atoms with van der Waals surface area (Å²) in [6, 6.07) is 15.5. The number of likely N-dealkylation sites (N-methyl/N-ethyl adjacent to an activating group) is 1. The largest absolute Gasteiger partial charge is 0.370 e. The molecule has 0 bridgehead atoms. The molecule has 0 heterocycles. The van der Waals surface area contributed by atoms with Crippen molar-refractivity contribution in [2.75, 3.05) is 23.8 Å². The van der Waals surface area contributed by atoms with Gasteiger partial charge in [-0.25, -0.2) is 9.18 Å². The minimum atomic E-state index is -0.330. The van der Waals surface area contributed by atoms with Gasteiger partial charge >= 0.3 is 6.03 Å². The highest BCUT2D eigenvalue weighted by atomic mass is 19.1. The van der Waals surface area contributed by atoms with Crippen molar-refractivity contribution in [3.05, 3.63) is 60.4 Å². The molecule has 2 amide bonds. The standard InChI is InChI=1S/C17H20FN3O/c1-13(21(2)16-6-4-3-5-7-16)12-19-17(22)20-15-10-8-14(18)9-11-15/h3-11,13H,12H2,1-2H3,(H2,19,20,22)/t13-/m0/s1. The summed E-state index contributed by atoms with van der Waals surface area (Å²) in [5, 5.41) is 5.48. The fraction of sp³-hybridized carbons (Fsp3) is 0.235. The van der Waals surface area contributed by atoms with E-state index in [2.05, 4.69) is 15.5 Å². The molecule has 0 aliphatic carbocycles. The molecule has 0 aliphatic rings. The Morgan fingerprint density at radius 1 is 1.14 bits per heavy atom. The van der Waals surface area contributed by atoms with Crippen molar-refractivity contribution in [1.82, 2.24) is 5.32 Å². The van der Waals surface area contributed by atoms with Crippen LogP contribution in [-0.2, 0) is 0 Å². The quantitative estimate of drug-likeness (QED) is 0.888. The van der Waals surface area contributed by atoms with E-state index < -0.39 is 0 Å². The first-order chi connectivity index (χ1) is 10.6. The number of carbonyl (C=O) groups is 1. The molecule has 4 nitrogen and oxygen atoms in total. The molecule has 0 unspecified atom stereocenters. The summed E-state index contributed by atoms with van der Waals surface area (Å²) >= 11 is 0. The van der Waals surface area contributed by atoms with E-state index in [1.54, 1.807) is 0 Å². The summed E-state index contributed by atoms with van der Waals surface area (Å²) in [5.41, 5.74) is 1.65. The van der Waals surface area contributed by atoms with Crippen LogP contribution in [0.3, 0.4) is 0 Å². The number of hydrogen-bond donors (Lipinski definition) is 2. The van der Waals surface area contributed by atoms with Gasteiger partial charge in [0.25, 0.3) is 0 Å². The maximum absolute atomic E-state index is 12.8. The average Bonchev–Trinajstić information content (AvgIpc) is 2.55. The van der Waals surface area contributed by atoms with Crippen molar-refractivity contribution in [3.8, 4) is 0 Å². The number of hydrogen-bond acceptors (Lipinski definition) is 2. The minimum absolute atomic E-state index is 0.140. The summed E-state index contributed by atoms with van der Waals surface area (Å²) in [4.78, 5) is 13.9. The molecule has 0 aromatic heterocycles. The number of nitrogens with zero attached hydrogens (tertiary/aromatic N) is 1. The van der Waals surface area contributed by atoms with E-state index in [0.717, 1.165) is 5.69 Å². The van der Waals surface area contributed by atoms with Crippen LogP contribution in [0.25, 0.3) is 0 Å². The van der Waals surface area contributed by atoms with Gasteiger partial charge in [-0.2, -0.15) is 0 Å². The van der Waals surface area contributed by atoms with E-state index >= 15 is 0 Å². The number of para-hydroxylation sites is 1. The molecule has 0 spiro atoms. The molecule has 0 saturated heterocycles. The first-order valence-electron chi connectivity index (χ1n) is 7.14. The Hall–Kier alpha value is -2.56. The smallest absolute Gasteiger partial charge is 0.319 e. The van der Waals surface area contributed by atoms with Crippen LogP contribution >= 0.6 is 0 Å². The first-order valence-corrected chi connectivity index (χ1v) is 7.14. The number of nitrogens with one attached hydrogen (secondary N) is 2. The lowest BCUT2D eigenvalue weighted by atomic mass is 10.2. The van der Waals surface area contributed by atoms with Crippen LogP contribution in [0.5, 0.6) is 0 Å². The van der Waals surface area contributed by atoms with Crippen molar-refractivity contribution in [3.63, 3.8) is 0 Å². The molecule has 0 radical (unpaired) electrons. The Morgan fingerprint density at radius 2 is 1.77 bits per heavy atom. The third-order valence-electron chi connectivity index (χ3n) is 3.48. The molecule has 5 heteroatoms. The van der Waals surface area contributed by atoms with Crippen LogP contribution in [-0.4, -0.2) is 25.7 Å². The highest BCUT2D eigenvalue weighted by molar-refractivity contribution is 5.89. The Balaban J connectivity index is 1.81. The average molecular weight is 301 g/mol. The normalized spacial score (nSPS) is 11.6. The Labute approximate surface area is 129 Å². The predicted molar refractivity (Wildman–Crippen MR) is 87.7 cm³/mol. The number of urea groups is 1. The molecule has 2 rings (SSSR count). The van der Waals surface area contributed by atoms with E-state index in [1.165, 1.54) is 24.3 Å². The molecule has 22 heavy (non-hydrogen) atoms. The highest BCUT2D eigenvalue weighted by Crippen LogP contribution is 2.13. The lowest BCUT2D eigenvalue weighted by Crippen LogP contribution is -2.41. The van der Waals surface area contributed by atoms with E-state index in [9.17, 15) is 9.18 Å². The predicted octanol–water partition coefficient (Wildman–Crippen LogP) is 3.47. The second-order valence-electron chi connectivity index (χ2n) is 5.14. The third kappa shape index (κ3) is 4.48. The molecule has 0 aliphatic heterocycles. The third-order valence-corrected chi connectivity index (χ3v) is 3.48. The van der Waals surface area contributed by atoms with Crippen LogP contribution in [0.2, 0.25) is 0 Å². The second kappa shape index (κ2) is 7.45. The van der Waals surface area contributed by atoms with Gasteiger partial charge in [-0.1, -0.05) is 18.2 Å². The molecule has 116 valence electrons. The van der Waals surface area contributed by atoms with Crippen molar-refractivity contribution in [1.29, 1.82) is 0 Å². The maximum atomic E-state index is 12.8. The summed E-state index contributed by atoms with van der Waals surface area (Å²) in [6.07, 6.45) is 0. The van der Waals surface area contributed by atoms with Crippen molar-refractivity contribution >= 4 is 17.4 Å². The fourth-order valence-corrected chi connectivity index (χ4v) is 2.00. The molecule has 0 fully saturated rings. The molecule has 2 aromatic carbocycles. The van der Waals surface area contributed by atoms with Crippen LogP contribution in [0, 0.1) is 5.82 Å². The summed E-state index contributed by atoms with van der Waals surface area (Å²) in [7, 11) is 1.99. The first kappa shape index (κ1) is 15.8. The maximum Gasteiger partial charge on any atom is 0.319 e. The second-order valence-corrected chi connectivity index (χ2v) is 5.14. The number of amides is 2. The van der Waals surface area contributed by atoms with Crippen LogP contribution in [0.15, 0.2) is 54.6 Å². The van der Waals surface area contributed by atoms with Crippen LogP contribution < -0.4 is 15.5 Å². The Kier molecular flexibility index (Phi) is 5.36. The number of rotatable bonds is 5. The lowest BCUT2D eigenvalue weighted by Gasteiger charge is -2.27. The summed E-state index contributed by atoms with van der Waals surface area (Å²) < 4.78 is 12.8. The SMILES string of the molecule is C[C@@H](CNC(=O)Nc1ccc(F)cc1)N(C)c1ccccc1. The van der Waals surface area contributed by atoms with Gasteiger partial charge in [0.05, 0.1) is 0 Å². The summed E-state index contributed by atoms with van der Waals surface area (Å²) in [6.45, 7) is 2.53. The minimum Gasteiger partial charge on any atom is -0.370 e. The topological polar surface area (TPSA) is 44.4 Å². The van der Waals surface area contributed by atoms with E-state index in [1.807, 2.05) is 44.3 Å². The van der Waals surface area contributed by atoms with Gasteiger partial charge in [-0.15, -0.1) is 0 Å². The number of benzene rings is 2. The lowest BCUT2D eigenvalue weighted by molar-refractivity contribution is 0.251. The van der Waals surface area contributed by atoms with Crippen LogP contribution in [0.1, 0.15) is 6.92 Å². The van der Waals surface area contributed by atoms with E-state index in [0.29, 0.717) is 12.2 Å². The summed E-state index contributed by atoms with van der Waals surface area (Å²) in [5.74, 6) is -0.330. The van der Waals surface area contributed by atoms with Gasteiger partial charge in [-0.3, -0.25) is 0 Å². The van der Waals surface area contributed by atoms with Crippen molar-refractivity contribution in [2.45, 2.75) is 13.0 Å². The van der Waals surface area contributed by atoms with Crippen molar-refractivity contribution in [2.24, 2.45) is 0 Å². The van der Waals surface area contributed by atoms with Crippen LogP contribution in [0.4, 0.5) is 20.6 Å². The highest BCUT2D eigenvalue weighted by Gasteiger charge is 2.11. The van der Waals surface area contributed by atoms with Gasteiger partial charge in [0.15, 0.2) is 0 Å². The zero-order valence-corrected chi connectivity index (χ0v) is 12.7. The van der Waals surface area contributed by atoms with Crippen molar-refractivity contribution < 1.29 is 9.18 Å². The molecule has 1 atom stereocenters. The zero-order valence-electron chi connectivity index (χ0n) is 12.7. The molecule has 0 saturated carbocycles. The Bertz CT molecular complexity index is 601. The number of anilines is 2. The van der Waals surface area contributed by atoms with Gasteiger partial charge < -0.3 is 15.5 Å². The van der Waals surface area contributed by atoms with Gasteiger partial charge in [0.2, 0.25) is 0 Å². The number of carbonyl (C=O) groups excluding carboxylic acids is 1. The molecule has 2 aromatic rings. The molecular weight excluding hydrogens is 281 g/mol. The fourth-order valence-electron chi connectivity index (χ4n) is 2.00. The molecule has 2 N–H and O–H groups in total. The monoisotopic (exact) mass is 301 g/mol. The van der Waals surface area contributed by atoms with Gasteiger partial charge in [0, 0.05) is 31.0 Å². The van der Waals surface area contributed by atoms with Gasteiger partial charge in [-0.05, 0) is 43.3 Å². The van der Waals surface area contributed by atoms with E-state index in [-0.39, 0.29) is 17.9 Å². The molecular formula is C17H20FN3O. The van der Waals surface area contributed by atoms with E-state index in [4.69, 9.17) is 0 Å². The number of halogens is 1. The Morgan fingerprint density at radius 3 is 2.41 bits per heavy atom. The zero-order chi connectivity index (χ0) is 15.9. The van der Waals surface area contributed by atoms with Gasteiger partial charge in [0.1, 0.15) is 5.82 Å².